The highest BCUT2D eigenvalue weighted by molar-refractivity contribution is 6.89. The van der Waals surface area contributed by atoms with E-state index in [1.807, 2.05) is 14.7 Å². The van der Waals surface area contributed by atoms with Crippen molar-refractivity contribution in [3.05, 3.63) is 30.0 Å². The van der Waals surface area contributed by atoms with Gasteiger partial charge in [0.2, 0.25) is 11.8 Å². The van der Waals surface area contributed by atoms with Gasteiger partial charge in [0.1, 0.15) is 12.4 Å². The van der Waals surface area contributed by atoms with E-state index in [1.165, 1.54) is 7.11 Å². The molecule has 1 aromatic carbocycles. The first kappa shape index (κ1) is 20.0. The molecule has 1 aromatic heterocycles. The maximum atomic E-state index is 14.0. The average Bonchev–Trinajstić information content (AvgIpc) is 2.98. The molecule has 1 saturated heterocycles. The van der Waals surface area contributed by atoms with Crippen LogP contribution in [-0.2, 0) is 4.79 Å². The van der Waals surface area contributed by atoms with Crippen molar-refractivity contribution >= 4 is 37.6 Å². The highest BCUT2D eigenvalue weighted by Crippen LogP contribution is 2.31. The zero-order valence-electron chi connectivity index (χ0n) is 16.1. The van der Waals surface area contributed by atoms with E-state index in [9.17, 15) is 14.0 Å². The van der Waals surface area contributed by atoms with E-state index >= 15 is 0 Å². The molecule has 1 fully saturated rings. The molecule has 146 valence electrons. The van der Waals surface area contributed by atoms with Crippen molar-refractivity contribution in [3.63, 3.8) is 0 Å². The lowest BCUT2D eigenvalue weighted by molar-refractivity contribution is -0.123. The standard InChI is InChI=1S/C18H22B2FN3O4/c1-3-10-13(23-17(26)15(10)21)8-28-18-11-7-14(27-2)12(16(25)24-20-19)6-9(11)4-5-22-18/h4-7,10,13,15,20H,3,8,19H2,1-2H3,(H,23,26)(H,24,25)/t10-,13+,15-/m0/s1. The number of aromatic nitrogens is 1. The van der Waals surface area contributed by atoms with Crippen LogP contribution in [0.25, 0.3) is 10.8 Å². The van der Waals surface area contributed by atoms with Crippen molar-refractivity contribution in [2.24, 2.45) is 5.92 Å². The number of methoxy groups -OCH3 is 1. The molecule has 2 heterocycles. The summed E-state index contributed by atoms with van der Waals surface area (Å²) >= 11 is 0. The Hall–Kier alpha value is -2.77. The normalized spacial score (nSPS) is 21.2. The number of ether oxygens (including phenoxy) is 2. The van der Waals surface area contributed by atoms with E-state index < -0.39 is 24.0 Å². The van der Waals surface area contributed by atoms with E-state index in [1.54, 1.807) is 24.4 Å². The molecule has 0 saturated carbocycles. The minimum Gasteiger partial charge on any atom is -0.496 e. The van der Waals surface area contributed by atoms with E-state index in [0.29, 0.717) is 36.3 Å². The third kappa shape index (κ3) is 3.76. The second-order valence-electron chi connectivity index (χ2n) is 6.65. The van der Waals surface area contributed by atoms with Crippen LogP contribution >= 0.6 is 0 Å². The van der Waals surface area contributed by atoms with Gasteiger partial charge in [-0.1, -0.05) is 6.92 Å². The first-order chi connectivity index (χ1) is 13.5. The van der Waals surface area contributed by atoms with Gasteiger partial charge in [-0.2, -0.15) is 0 Å². The van der Waals surface area contributed by atoms with Crippen molar-refractivity contribution in [2.45, 2.75) is 25.6 Å². The summed E-state index contributed by atoms with van der Waals surface area (Å²) in [6.45, 7) is 1.95. The number of rotatable bonds is 7. The van der Waals surface area contributed by atoms with Gasteiger partial charge in [-0.3, -0.25) is 9.59 Å². The van der Waals surface area contributed by atoms with Crippen LogP contribution in [0.1, 0.15) is 23.7 Å². The smallest absolute Gasteiger partial charge is 0.255 e. The Bertz CT molecular complexity index is 899. The first-order valence-corrected chi connectivity index (χ1v) is 9.32. The number of benzene rings is 1. The van der Waals surface area contributed by atoms with Crippen LogP contribution in [0.2, 0.25) is 0 Å². The van der Waals surface area contributed by atoms with Gasteiger partial charge in [0.05, 0.1) is 26.5 Å². The Labute approximate surface area is 164 Å². The van der Waals surface area contributed by atoms with Crippen LogP contribution in [0.3, 0.4) is 0 Å². The number of alkyl halides is 1. The topological polar surface area (TPSA) is 89.5 Å². The summed E-state index contributed by atoms with van der Waals surface area (Å²) in [7, 11) is 3.84. The second kappa shape index (κ2) is 8.50. The van der Waals surface area contributed by atoms with E-state index in [4.69, 9.17) is 9.47 Å². The number of fused-ring (bicyclic) bond motifs is 1. The van der Waals surface area contributed by atoms with E-state index in [2.05, 4.69) is 15.5 Å². The van der Waals surface area contributed by atoms with Crippen LogP contribution in [0.4, 0.5) is 4.39 Å². The van der Waals surface area contributed by atoms with Gasteiger partial charge >= 0.3 is 0 Å². The quantitative estimate of drug-likeness (QED) is 0.661. The fraction of sp³-hybridized carbons (Fsp3) is 0.389. The Morgan fingerprint density at radius 1 is 1.46 bits per heavy atom. The fourth-order valence-electron chi connectivity index (χ4n) is 3.48. The maximum absolute atomic E-state index is 14.0. The zero-order valence-corrected chi connectivity index (χ0v) is 16.1. The molecular weight excluding hydrogens is 363 g/mol. The summed E-state index contributed by atoms with van der Waals surface area (Å²) in [6, 6.07) is 4.78. The van der Waals surface area contributed by atoms with Crippen molar-refractivity contribution in [3.8, 4) is 11.6 Å². The molecule has 2 aromatic rings. The first-order valence-electron chi connectivity index (χ1n) is 9.32. The Balaban J connectivity index is 1.88. The third-order valence-electron chi connectivity index (χ3n) is 4.97. The van der Waals surface area contributed by atoms with E-state index in [-0.39, 0.29) is 12.5 Å². The van der Waals surface area contributed by atoms with Crippen LogP contribution in [0, 0.1) is 5.92 Å². The summed E-state index contributed by atoms with van der Waals surface area (Å²) in [4.78, 5) is 28.1. The van der Waals surface area contributed by atoms with Crippen molar-refractivity contribution in [2.75, 3.05) is 13.7 Å². The zero-order chi connectivity index (χ0) is 20.3. The number of halogens is 1. The lowest BCUT2D eigenvalue weighted by atomic mass is 9.67. The van der Waals surface area contributed by atoms with Crippen LogP contribution in [-0.4, -0.2) is 57.8 Å². The maximum Gasteiger partial charge on any atom is 0.255 e. The summed E-state index contributed by atoms with van der Waals surface area (Å²) in [5.74, 6) is -0.514. The minimum atomic E-state index is -1.51. The lowest BCUT2D eigenvalue weighted by Crippen LogP contribution is -2.34. The highest BCUT2D eigenvalue weighted by atomic mass is 19.1. The van der Waals surface area contributed by atoms with Gasteiger partial charge in [0.25, 0.3) is 5.91 Å². The largest absolute Gasteiger partial charge is 0.496 e. The van der Waals surface area contributed by atoms with Crippen LogP contribution < -0.4 is 20.0 Å². The Morgan fingerprint density at radius 2 is 2.25 bits per heavy atom. The summed E-state index contributed by atoms with van der Waals surface area (Å²) in [5.41, 5.74) is 0.420. The number of nitrogens with one attached hydrogen (secondary N) is 2. The van der Waals surface area contributed by atoms with Gasteiger partial charge in [-0.05, 0) is 30.0 Å². The summed E-state index contributed by atoms with van der Waals surface area (Å²) in [6.07, 6.45) is 0.591. The SMILES string of the molecule is BBNC(=O)c1cc2ccnc(OC[C@H]3NC(=O)[C@@H](F)[C@H]3CC)c2cc1OC. The molecule has 1 aliphatic rings. The van der Waals surface area contributed by atoms with Crippen LogP contribution in [0.5, 0.6) is 11.6 Å². The van der Waals surface area contributed by atoms with Gasteiger partial charge in [0.15, 0.2) is 13.5 Å². The number of nitrogens with zero attached hydrogens (tertiary/aromatic N) is 1. The molecule has 3 atom stereocenters. The molecule has 0 radical (unpaired) electrons. The molecule has 0 unspecified atom stereocenters. The van der Waals surface area contributed by atoms with Gasteiger partial charge in [0, 0.05) is 17.5 Å². The number of hydrogen-bond acceptors (Lipinski definition) is 5. The molecule has 7 nitrogen and oxygen atoms in total. The second-order valence-corrected chi connectivity index (χ2v) is 6.65. The van der Waals surface area contributed by atoms with Crippen molar-refractivity contribution in [1.29, 1.82) is 0 Å². The van der Waals surface area contributed by atoms with Gasteiger partial charge in [-0.15, -0.1) is 0 Å². The van der Waals surface area contributed by atoms with Crippen molar-refractivity contribution < 1.29 is 23.5 Å². The predicted molar refractivity (Wildman–Crippen MR) is 108 cm³/mol. The molecule has 3 rings (SSSR count). The Morgan fingerprint density at radius 3 is 2.93 bits per heavy atom. The minimum absolute atomic E-state index is 0.108. The van der Waals surface area contributed by atoms with Crippen LogP contribution in [0.15, 0.2) is 24.4 Å². The molecule has 1 aliphatic heterocycles. The number of amides is 2. The molecule has 0 bridgehead atoms. The molecular formula is C18H22B2FN3O4. The molecule has 10 heteroatoms. The molecule has 28 heavy (non-hydrogen) atoms. The summed E-state index contributed by atoms with van der Waals surface area (Å²) in [5, 5.41) is 6.83. The molecule has 0 aliphatic carbocycles. The molecule has 2 amide bonds. The number of carbonyl (C=O) groups is 2. The third-order valence-corrected chi connectivity index (χ3v) is 4.97. The summed E-state index contributed by atoms with van der Waals surface area (Å²) < 4.78 is 25.2. The van der Waals surface area contributed by atoms with Crippen molar-refractivity contribution in [1.82, 2.24) is 15.5 Å². The molecule has 2 N–H and O–H groups in total. The van der Waals surface area contributed by atoms with Gasteiger partial charge < -0.3 is 20.0 Å². The Kier molecular flexibility index (Phi) is 6.06. The number of carbonyl (C=O) groups excluding carboxylic acids is 2. The average molecular weight is 385 g/mol. The lowest BCUT2D eigenvalue weighted by Gasteiger charge is -2.19. The fourth-order valence-corrected chi connectivity index (χ4v) is 3.48. The van der Waals surface area contributed by atoms with E-state index in [0.717, 1.165) is 5.39 Å². The molecule has 0 spiro atoms. The monoisotopic (exact) mass is 385 g/mol. The van der Waals surface area contributed by atoms with Gasteiger partial charge in [-0.25, -0.2) is 9.37 Å². The highest BCUT2D eigenvalue weighted by Gasteiger charge is 2.41. The predicted octanol–water partition coefficient (Wildman–Crippen LogP) is 0.114. The number of pyridine rings is 1. The number of hydrogen-bond donors (Lipinski definition) is 2.